The fraction of sp³-hybridized carbons (Fsp3) is 0.375. The van der Waals surface area contributed by atoms with Gasteiger partial charge in [0.2, 0.25) is 0 Å². The van der Waals surface area contributed by atoms with Crippen molar-refractivity contribution in [1.82, 2.24) is 4.98 Å². The van der Waals surface area contributed by atoms with E-state index in [4.69, 9.17) is 16.3 Å². The normalized spacial score (nSPS) is 14.8. The van der Waals surface area contributed by atoms with Crippen LogP contribution in [0.5, 0.6) is 0 Å². The average Bonchev–Trinajstić information content (AvgIpc) is 3.05. The van der Waals surface area contributed by atoms with Crippen LogP contribution in [0.1, 0.15) is 21.6 Å². The van der Waals surface area contributed by atoms with Crippen molar-refractivity contribution in [3.8, 4) is 0 Å². The van der Waals surface area contributed by atoms with Crippen LogP contribution in [-0.4, -0.2) is 37.2 Å². The number of aryl methyl sites for hydroxylation is 1. The number of benzene rings is 1. The molecule has 0 bridgehead atoms. The fourth-order valence-corrected chi connectivity index (χ4v) is 3.53. The van der Waals surface area contributed by atoms with Crippen LogP contribution in [0.4, 0.5) is 11.4 Å². The molecule has 0 aliphatic carbocycles. The molecule has 3 rings (SSSR count). The summed E-state index contributed by atoms with van der Waals surface area (Å²) < 4.78 is 5.39. The molecule has 0 spiro atoms. The van der Waals surface area contributed by atoms with E-state index >= 15 is 0 Å². The maximum atomic E-state index is 12.5. The zero-order valence-corrected chi connectivity index (χ0v) is 14.4. The SMILES string of the molecule is CCc1ncc(C(=O)Nc2cccc(Cl)c2N2CCOCC2)s1. The zero-order chi connectivity index (χ0) is 16.2. The number of para-hydroxylation sites is 1. The second kappa shape index (κ2) is 7.29. The van der Waals surface area contributed by atoms with Gasteiger partial charge < -0.3 is 15.0 Å². The second-order valence-electron chi connectivity index (χ2n) is 5.16. The number of thiazole rings is 1. The van der Waals surface area contributed by atoms with Crippen molar-refractivity contribution in [1.29, 1.82) is 0 Å². The first-order valence-corrected chi connectivity index (χ1v) is 8.75. The van der Waals surface area contributed by atoms with Crippen LogP contribution < -0.4 is 10.2 Å². The minimum atomic E-state index is -0.154. The van der Waals surface area contributed by atoms with E-state index in [0.717, 1.165) is 35.9 Å². The molecule has 1 fully saturated rings. The van der Waals surface area contributed by atoms with Gasteiger partial charge in [0.05, 0.1) is 40.8 Å². The van der Waals surface area contributed by atoms with Gasteiger partial charge in [0.15, 0.2) is 0 Å². The van der Waals surface area contributed by atoms with E-state index in [9.17, 15) is 4.79 Å². The first kappa shape index (κ1) is 16.2. The average molecular weight is 352 g/mol. The summed E-state index contributed by atoms with van der Waals surface area (Å²) in [5.41, 5.74) is 1.57. The van der Waals surface area contributed by atoms with Crippen molar-refractivity contribution >= 4 is 40.2 Å². The van der Waals surface area contributed by atoms with Gasteiger partial charge in [0, 0.05) is 13.1 Å². The van der Waals surface area contributed by atoms with Gasteiger partial charge in [-0.2, -0.15) is 0 Å². The highest BCUT2D eigenvalue weighted by molar-refractivity contribution is 7.13. The number of amides is 1. The molecule has 1 aliphatic rings. The number of morpholine rings is 1. The van der Waals surface area contributed by atoms with Crippen molar-refractivity contribution in [2.45, 2.75) is 13.3 Å². The van der Waals surface area contributed by atoms with E-state index in [-0.39, 0.29) is 5.91 Å². The Bertz CT molecular complexity index is 698. The molecule has 2 aromatic rings. The van der Waals surface area contributed by atoms with E-state index in [0.29, 0.717) is 23.1 Å². The maximum Gasteiger partial charge on any atom is 0.267 e. The van der Waals surface area contributed by atoms with E-state index < -0.39 is 0 Å². The third kappa shape index (κ3) is 3.65. The quantitative estimate of drug-likeness (QED) is 0.916. The lowest BCUT2D eigenvalue weighted by atomic mass is 10.2. The van der Waals surface area contributed by atoms with Crippen molar-refractivity contribution in [2.75, 3.05) is 36.5 Å². The largest absolute Gasteiger partial charge is 0.378 e. The third-order valence-electron chi connectivity index (χ3n) is 3.64. The van der Waals surface area contributed by atoms with Crippen molar-refractivity contribution in [2.24, 2.45) is 0 Å². The molecule has 0 unspecified atom stereocenters. The Hall–Kier alpha value is -1.63. The number of aromatic nitrogens is 1. The Kier molecular flexibility index (Phi) is 5.15. The minimum absolute atomic E-state index is 0.154. The molecule has 0 saturated carbocycles. The molecule has 1 aromatic carbocycles. The Morgan fingerprint density at radius 1 is 1.43 bits per heavy atom. The fourth-order valence-electron chi connectivity index (χ4n) is 2.49. The number of nitrogens with zero attached hydrogens (tertiary/aromatic N) is 2. The number of hydrogen-bond donors (Lipinski definition) is 1. The number of nitrogens with one attached hydrogen (secondary N) is 1. The zero-order valence-electron chi connectivity index (χ0n) is 12.8. The monoisotopic (exact) mass is 351 g/mol. The predicted molar refractivity (Wildman–Crippen MR) is 93.9 cm³/mol. The first-order chi connectivity index (χ1) is 11.2. The molecule has 1 saturated heterocycles. The minimum Gasteiger partial charge on any atom is -0.378 e. The summed E-state index contributed by atoms with van der Waals surface area (Å²) in [4.78, 5) is 19.4. The predicted octanol–water partition coefficient (Wildman–Crippen LogP) is 3.45. The maximum absolute atomic E-state index is 12.5. The number of hydrogen-bond acceptors (Lipinski definition) is 5. The summed E-state index contributed by atoms with van der Waals surface area (Å²) >= 11 is 7.79. The molecule has 2 heterocycles. The molecule has 1 aliphatic heterocycles. The van der Waals surface area contributed by atoms with Gasteiger partial charge in [0.25, 0.3) is 5.91 Å². The van der Waals surface area contributed by atoms with E-state index in [2.05, 4.69) is 15.2 Å². The van der Waals surface area contributed by atoms with Crippen LogP contribution in [0.15, 0.2) is 24.4 Å². The molecule has 5 nitrogen and oxygen atoms in total. The molecule has 1 amide bonds. The van der Waals surface area contributed by atoms with Crippen molar-refractivity contribution < 1.29 is 9.53 Å². The van der Waals surface area contributed by atoms with Crippen molar-refractivity contribution in [3.05, 3.63) is 39.3 Å². The molecule has 23 heavy (non-hydrogen) atoms. The molecular weight excluding hydrogens is 334 g/mol. The van der Waals surface area contributed by atoms with Crippen LogP contribution in [0.3, 0.4) is 0 Å². The smallest absolute Gasteiger partial charge is 0.267 e. The van der Waals surface area contributed by atoms with E-state index in [1.807, 2.05) is 25.1 Å². The highest BCUT2D eigenvalue weighted by atomic mass is 35.5. The number of halogens is 1. The molecule has 0 radical (unpaired) electrons. The summed E-state index contributed by atoms with van der Waals surface area (Å²) in [6.07, 6.45) is 2.45. The van der Waals surface area contributed by atoms with Gasteiger partial charge in [-0.05, 0) is 18.6 Å². The summed E-state index contributed by atoms with van der Waals surface area (Å²) in [7, 11) is 0. The van der Waals surface area contributed by atoms with Crippen molar-refractivity contribution in [3.63, 3.8) is 0 Å². The lowest BCUT2D eigenvalue weighted by Gasteiger charge is -2.31. The Morgan fingerprint density at radius 2 is 2.22 bits per heavy atom. The van der Waals surface area contributed by atoms with Crippen LogP contribution >= 0.6 is 22.9 Å². The van der Waals surface area contributed by atoms with Gasteiger partial charge in [-0.15, -0.1) is 11.3 Å². The highest BCUT2D eigenvalue weighted by Gasteiger charge is 2.20. The van der Waals surface area contributed by atoms with Crippen LogP contribution in [-0.2, 0) is 11.2 Å². The summed E-state index contributed by atoms with van der Waals surface area (Å²) in [5, 5.41) is 4.55. The Morgan fingerprint density at radius 3 is 2.91 bits per heavy atom. The summed E-state index contributed by atoms with van der Waals surface area (Å²) in [5.74, 6) is -0.154. The summed E-state index contributed by atoms with van der Waals surface area (Å²) in [6, 6.07) is 5.55. The number of carbonyl (C=O) groups is 1. The second-order valence-corrected chi connectivity index (χ2v) is 6.68. The van der Waals surface area contributed by atoms with Gasteiger partial charge in [-0.3, -0.25) is 4.79 Å². The highest BCUT2D eigenvalue weighted by Crippen LogP contribution is 2.34. The third-order valence-corrected chi connectivity index (χ3v) is 5.09. The molecule has 1 aromatic heterocycles. The molecule has 122 valence electrons. The van der Waals surface area contributed by atoms with E-state index in [1.54, 1.807) is 6.20 Å². The molecular formula is C16H18ClN3O2S. The first-order valence-electron chi connectivity index (χ1n) is 7.56. The van der Waals surface area contributed by atoms with Crippen LogP contribution in [0.2, 0.25) is 5.02 Å². The van der Waals surface area contributed by atoms with Gasteiger partial charge in [-0.1, -0.05) is 24.6 Å². The topological polar surface area (TPSA) is 54.5 Å². The molecule has 1 N–H and O–H groups in total. The van der Waals surface area contributed by atoms with Crippen LogP contribution in [0.25, 0.3) is 0 Å². The lowest BCUT2D eigenvalue weighted by Crippen LogP contribution is -2.37. The number of rotatable bonds is 4. The number of ether oxygens (including phenoxy) is 1. The van der Waals surface area contributed by atoms with Gasteiger partial charge in [0.1, 0.15) is 4.88 Å². The van der Waals surface area contributed by atoms with Gasteiger partial charge >= 0.3 is 0 Å². The number of anilines is 2. The summed E-state index contributed by atoms with van der Waals surface area (Å²) in [6.45, 7) is 4.86. The molecule has 7 heteroatoms. The lowest BCUT2D eigenvalue weighted by molar-refractivity contribution is 0.103. The standard InChI is InChI=1S/C16H18ClN3O2S/c1-2-14-18-10-13(23-14)16(21)19-12-5-3-4-11(17)15(12)20-6-8-22-9-7-20/h3-5,10H,2,6-9H2,1H3,(H,19,21). The number of carbonyl (C=O) groups excluding carboxylic acids is 1. The van der Waals surface area contributed by atoms with E-state index in [1.165, 1.54) is 11.3 Å². The Labute approximate surface area is 144 Å². The Balaban J connectivity index is 1.84. The molecule has 0 atom stereocenters. The van der Waals surface area contributed by atoms with Gasteiger partial charge in [-0.25, -0.2) is 4.98 Å². The van der Waals surface area contributed by atoms with Crippen LogP contribution in [0, 0.1) is 0 Å².